The summed E-state index contributed by atoms with van der Waals surface area (Å²) in [6, 6.07) is 4.27. The summed E-state index contributed by atoms with van der Waals surface area (Å²) >= 11 is 0. The van der Waals surface area contributed by atoms with Crippen LogP contribution in [0.4, 0.5) is 5.69 Å². The molecule has 2 rings (SSSR count). The molecule has 110 valence electrons. The van der Waals surface area contributed by atoms with Gasteiger partial charge < -0.3 is 10.6 Å². The predicted molar refractivity (Wildman–Crippen MR) is 81.8 cm³/mol. The zero-order valence-corrected chi connectivity index (χ0v) is 12.6. The summed E-state index contributed by atoms with van der Waals surface area (Å²) in [7, 11) is 0. The molecule has 0 saturated heterocycles. The van der Waals surface area contributed by atoms with Gasteiger partial charge in [-0.25, -0.2) is 0 Å². The lowest BCUT2D eigenvalue weighted by atomic mass is 9.78. The molecule has 20 heavy (non-hydrogen) atoms. The monoisotopic (exact) mass is 275 g/mol. The summed E-state index contributed by atoms with van der Waals surface area (Å²) in [4.78, 5) is 15.9. The molecule has 1 aliphatic carbocycles. The van der Waals surface area contributed by atoms with Crippen molar-refractivity contribution in [3.8, 4) is 0 Å². The normalized spacial score (nSPS) is 26.1. The molecule has 1 heterocycles. The second-order valence-corrected chi connectivity index (χ2v) is 5.81. The Balaban J connectivity index is 2.06. The number of aromatic nitrogens is 1. The number of rotatable bonds is 4. The maximum absolute atomic E-state index is 11.8. The van der Waals surface area contributed by atoms with Gasteiger partial charge in [0.15, 0.2) is 0 Å². The van der Waals surface area contributed by atoms with Crippen LogP contribution >= 0.6 is 0 Å². The zero-order valence-electron chi connectivity index (χ0n) is 12.6. The van der Waals surface area contributed by atoms with Gasteiger partial charge in [0.05, 0.1) is 0 Å². The Hall–Kier alpha value is -1.58. The van der Waals surface area contributed by atoms with Crippen LogP contribution in [0.15, 0.2) is 18.3 Å². The molecular formula is C16H25N3O. The van der Waals surface area contributed by atoms with Crippen LogP contribution in [0.2, 0.25) is 0 Å². The first-order chi connectivity index (χ1) is 9.61. The Morgan fingerprint density at radius 2 is 2.20 bits per heavy atom. The third-order valence-electron chi connectivity index (χ3n) is 4.39. The van der Waals surface area contributed by atoms with Gasteiger partial charge in [0.25, 0.3) is 5.91 Å². The van der Waals surface area contributed by atoms with E-state index in [4.69, 9.17) is 0 Å². The summed E-state index contributed by atoms with van der Waals surface area (Å²) in [5.74, 6) is 1.30. The molecule has 0 radical (unpaired) electrons. The van der Waals surface area contributed by atoms with Crippen molar-refractivity contribution in [2.75, 3.05) is 11.9 Å². The van der Waals surface area contributed by atoms with E-state index in [1.807, 2.05) is 19.1 Å². The van der Waals surface area contributed by atoms with Crippen molar-refractivity contribution >= 4 is 11.6 Å². The lowest BCUT2D eigenvalue weighted by Gasteiger charge is -2.35. The Morgan fingerprint density at radius 3 is 2.95 bits per heavy atom. The molecule has 0 bridgehead atoms. The minimum absolute atomic E-state index is 0.110. The second-order valence-electron chi connectivity index (χ2n) is 5.81. The van der Waals surface area contributed by atoms with E-state index in [0.717, 1.165) is 11.6 Å². The number of carbonyl (C=O) groups is 1. The van der Waals surface area contributed by atoms with Gasteiger partial charge in [-0.2, -0.15) is 0 Å². The molecule has 1 saturated carbocycles. The molecule has 3 atom stereocenters. The van der Waals surface area contributed by atoms with Gasteiger partial charge >= 0.3 is 0 Å². The van der Waals surface area contributed by atoms with E-state index in [-0.39, 0.29) is 5.91 Å². The predicted octanol–water partition coefficient (Wildman–Crippen LogP) is 3.07. The average molecular weight is 275 g/mol. The van der Waals surface area contributed by atoms with Crippen molar-refractivity contribution in [2.24, 2.45) is 11.8 Å². The summed E-state index contributed by atoms with van der Waals surface area (Å²) < 4.78 is 0. The van der Waals surface area contributed by atoms with Gasteiger partial charge in [-0.05, 0) is 37.3 Å². The second kappa shape index (κ2) is 6.73. The summed E-state index contributed by atoms with van der Waals surface area (Å²) in [6.45, 7) is 7.17. The Bertz CT molecular complexity index is 461. The third-order valence-corrected chi connectivity index (χ3v) is 4.39. The van der Waals surface area contributed by atoms with E-state index < -0.39 is 0 Å². The number of carbonyl (C=O) groups excluding carboxylic acids is 1. The number of nitrogens with one attached hydrogen (secondary N) is 2. The standard InChI is InChI=1S/C16H25N3O/c1-4-17-16(20)15-10-13(8-9-18-15)19-14-7-5-6-11(2)12(14)3/h8-12,14H,4-7H2,1-3H3,(H,17,20)(H,18,19). The molecular weight excluding hydrogens is 250 g/mol. The van der Waals surface area contributed by atoms with E-state index in [2.05, 4.69) is 29.5 Å². The highest BCUT2D eigenvalue weighted by molar-refractivity contribution is 5.93. The van der Waals surface area contributed by atoms with E-state index in [1.165, 1.54) is 19.3 Å². The first-order valence-corrected chi connectivity index (χ1v) is 7.62. The quantitative estimate of drug-likeness (QED) is 0.888. The smallest absolute Gasteiger partial charge is 0.269 e. The minimum atomic E-state index is -0.110. The van der Waals surface area contributed by atoms with Crippen molar-refractivity contribution in [3.63, 3.8) is 0 Å². The topological polar surface area (TPSA) is 54.0 Å². The lowest BCUT2D eigenvalue weighted by molar-refractivity contribution is 0.0951. The highest BCUT2D eigenvalue weighted by Gasteiger charge is 2.26. The Kier molecular flexibility index (Phi) is 4.99. The van der Waals surface area contributed by atoms with Crippen LogP contribution < -0.4 is 10.6 Å². The number of hydrogen-bond donors (Lipinski definition) is 2. The SMILES string of the molecule is CCNC(=O)c1cc(NC2CCCC(C)C2C)ccn1. The van der Waals surface area contributed by atoms with Crippen molar-refractivity contribution in [3.05, 3.63) is 24.0 Å². The minimum Gasteiger partial charge on any atom is -0.382 e. The molecule has 1 fully saturated rings. The van der Waals surface area contributed by atoms with E-state index in [9.17, 15) is 4.79 Å². The molecule has 1 amide bonds. The van der Waals surface area contributed by atoms with Gasteiger partial charge in [0.1, 0.15) is 5.69 Å². The first-order valence-electron chi connectivity index (χ1n) is 7.62. The summed E-state index contributed by atoms with van der Waals surface area (Å²) in [5.41, 5.74) is 1.47. The Morgan fingerprint density at radius 1 is 1.40 bits per heavy atom. The molecule has 4 heteroatoms. The average Bonchev–Trinajstić information content (AvgIpc) is 2.44. The van der Waals surface area contributed by atoms with Crippen molar-refractivity contribution in [2.45, 2.75) is 46.1 Å². The van der Waals surface area contributed by atoms with Crippen LogP contribution in [0.5, 0.6) is 0 Å². The van der Waals surface area contributed by atoms with Crippen LogP contribution in [0.3, 0.4) is 0 Å². The molecule has 1 aromatic rings. The molecule has 1 aliphatic rings. The lowest BCUT2D eigenvalue weighted by Crippen LogP contribution is -2.35. The van der Waals surface area contributed by atoms with Crippen LogP contribution in [0.25, 0.3) is 0 Å². The number of amides is 1. The van der Waals surface area contributed by atoms with Crippen LogP contribution in [-0.4, -0.2) is 23.5 Å². The largest absolute Gasteiger partial charge is 0.382 e. The van der Waals surface area contributed by atoms with Gasteiger partial charge in [-0.1, -0.05) is 26.7 Å². The number of pyridine rings is 1. The molecule has 4 nitrogen and oxygen atoms in total. The van der Waals surface area contributed by atoms with E-state index in [0.29, 0.717) is 24.2 Å². The molecule has 0 aliphatic heterocycles. The third kappa shape index (κ3) is 3.50. The number of anilines is 1. The van der Waals surface area contributed by atoms with Crippen molar-refractivity contribution < 1.29 is 4.79 Å². The molecule has 1 aromatic heterocycles. The highest BCUT2D eigenvalue weighted by Crippen LogP contribution is 2.31. The van der Waals surface area contributed by atoms with Crippen LogP contribution in [0, 0.1) is 11.8 Å². The molecule has 2 N–H and O–H groups in total. The molecule has 3 unspecified atom stereocenters. The van der Waals surface area contributed by atoms with E-state index in [1.54, 1.807) is 6.20 Å². The molecule has 0 aromatic carbocycles. The first kappa shape index (κ1) is 14.8. The summed E-state index contributed by atoms with van der Waals surface area (Å²) in [5, 5.41) is 6.36. The van der Waals surface area contributed by atoms with Gasteiger partial charge in [0.2, 0.25) is 0 Å². The summed E-state index contributed by atoms with van der Waals surface area (Å²) in [6.07, 6.45) is 5.49. The highest BCUT2D eigenvalue weighted by atomic mass is 16.1. The fourth-order valence-corrected chi connectivity index (χ4v) is 2.90. The number of nitrogens with zero attached hydrogens (tertiary/aromatic N) is 1. The van der Waals surface area contributed by atoms with Crippen LogP contribution in [-0.2, 0) is 0 Å². The fourth-order valence-electron chi connectivity index (χ4n) is 2.90. The van der Waals surface area contributed by atoms with Gasteiger partial charge in [-0.15, -0.1) is 0 Å². The van der Waals surface area contributed by atoms with E-state index >= 15 is 0 Å². The number of hydrogen-bond acceptors (Lipinski definition) is 3. The van der Waals surface area contributed by atoms with Crippen molar-refractivity contribution in [1.82, 2.24) is 10.3 Å². The van der Waals surface area contributed by atoms with Crippen LogP contribution in [0.1, 0.15) is 50.5 Å². The van der Waals surface area contributed by atoms with Crippen molar-refractivity contribution in [1.29, 1.82) is 0 Å². The fraction of sp³-hybridized carbons (Fsp3) is 0.625. The van der Waals surface area contributed by atoms with Gasteiger partial charge in [0, 0.05) is 24.5 Å². The Labute approximate surface area is 121 Å². The zero-order chi connectivity index (χ0) is 14.5. The maximum atomic E-state index is 11.8. The van der Waals surface area contributed by atoms with Gasteiger partial charge in [-0.3, -0.25) is 9.78 Å². The maximum Gasteiger partial charge on any atom is 0.269 e. The molecule has 0 spiro atoms.